The summed E-state index contributed by atoms with van der Waals surface area (Å²) in [6, 6.07) is 13.5. The number of anilines is 1. The van der Waals surface area contributed by atoms with Crippen molar-refractivity contribution in [2.75, 3.05) is 25.0 Å². The molecule has 0 aliphatic carbocycles. The molecule has 1 aliphatic rings. The summed E-state index contributed by atoms with van der Waals surface area (Å²) in [5.74, 6) is -0.0411. The van der Waals surface area contributed by atoms with Crippen LogP contribution in [-0.2, 0) is 14.8 Å². The van der Waals surface area contributed by atoms with Crippen molar-refractivity contribution in [2.24, 2.45) is 0 Å². The van der Waals surface area contributed by atoms with Gasteiger partial charge in [-0.3, -0.25) is 4.79 Å². The molecule has 3 aromatic rings. The summed E-state index contributed by atoms with van der Waals surface area (Å²) in [6.07, 6.45) is 3.15. The number of para-hydroxylation sites is 1. The Balaban J connectivity index is 1.38. The third kappa shape index (κ3) is 4.20. The number of nitrogens with zero attached hydrogens (tertiary/aromatic N) is 3. The minimum atomic E-state index is -3.47. The van der Waals surface area contributed by atoms with Gasteiger partial charge in [0.15, 0.2) is 6.61 Å². The molecule has 0 spiro atoms. The number of aromatic nitrogens is 2. The summed E-state index contributed by atoms with van der Waals surface area (Å²) in [6.45, 7) is 0.876. The predicted molar refractivity (Wildman–Crippen MR) is 108 cm³/mol. The number of ether oxygens (including phenoxy) is 1. The molecule has 2 aromatic carbocycles. The van der Waals surface area contributed by atoms with Gasteiger partial charge < -0.3 is 10.1 Å². The lowest BCUT2D eigenvalue weighted by molar-refractivity contribution is -0.118. The third-order valence-corrected chi connectivity index (χ3v) is 6.60. The zero-order valence-corrected chi connectivity index (χ0v) is 16.4. The number of fused-ring (bicyclic) bond motifs is 1. The number of carbonyl (C=O) groups excluding carboxylic acids is 1. The van der Waals surface area contributed by atoms with E-state index >= 15 is 0 Å². The third-order valence-electron chi connectivity index (χ3n) is 4.69. The second kappa shape index (κ2) is 8.14. The highest BCUT2D eigenvalue weighted by Crippen LogP contribution is 2.23. The average molecular weight is 412 g/mol. The Labute approximate surface area is 168 Å². The second-order valence-corrected chi connectivity index (χ2v) is 8.61. The van der Waals surface area contributed by atoms with Gasteiger partial charge in [-0.1, -0.05) is 12.1 Å². The van der Waals surface area contributed by atoms with E-state index < -0.39 is 10.0 Å². The van der Waals surface area contributed by atoms with Crippen molar-refractivity contribution in [3.05, 3.63) is 54.9 Å². The molecule has 1 N–H and O–H groups in total. The van der Waals surface area contributed by atoms with E-state index in [0.29, 0.717) is 24.7 Å². The Morgan fingerprint density at radius 2 is 1.76 bits per heavy atom. The average Bonchev–Trinajstić information content (AvgIpc) is 3.28. The highest BCUT2D eigenvalue weighted by Gasteiger charge is 2.26. The van der Waals surface area contributed by atoms with Gasteiger partial charge in [0.2, 0.25) is 15.9 Å². The molecule has 0 radical (unpaired) electrons. The van der Waals surface area contributed by atoms with Crippen LogP contribution < -0.4 is 10.1 Å². The largest absolute Gasteiger partial charge is 0.467 e. The standard InChI is InChI=1S/C20H20N4O4S/c25-19(13-28-20-17-5-1-2-6-18(17)21-14-22-20)23-15-7-9-16(10-8-15)29(26,27)24-11-3-4-12-24/h1-2,5-10,14H,3-4,11-13H2,(H,23,25). The van der Waals surface area contributed by atoms with Crippen LogP contribution in [0, 0.1) is 0 Å². The maximum Gasteiger partial charge on any atom is 0.262 e. The molecule has 29 heavy (non-hydrogen) atoms. The van der Waals surface area contributed by atoms with Crippen LogP contribution in [-0.4, -0.2) is 48.3 Å². The Morgan fingerprint density at radius 3 is 2.52 bits per heavy atom. The molecule has 0 bridgehead atoms. The number of sulfonamides is 1. The van der Waals surface area contributed by atoms with Gasteiger partial charge in [-0.25, -0.2) is 18.4 Å². The van der Waals surface area contributed by atoms with Crippen molar-refractivity contribution in [3.8, 4) is 5.88 Å². The Hall–Kier alpha value is -3.04. The predicted octanol–water partition coefficient (Wildman–Crippen LogP) is 2.43. The maximum absolute atomic E-state index is 12.5. The Morgan fingerprint density at radius 1 is 1.03 bits per heavy atom. The summed E-state index contributed by atoms with van der Waals surface area (Å²) >= 11 is 0. The van der Waals surface area contributed by atoms with Crippen LogP contribution >= 0.6 is 0 Å². The Bertz CT molecular complexity index is 1120. The quantitative estimate of drug-likeness (QED) is 0.667. The molecule has 8 nitrogen and oxygen atoms in total. The molecule has 0 unspecified atom stereocenters. The first-order valence-electron chi connectivity index (χ1n) is 9.27. The van der Waals surface area contributed by atoms with Crippen LogP contribution in [0.5, 0.6) is 5.88 Å². The molecule has 150 valence electrons. The summed E-state index contributed by atoms with van der Waals surface area (Å²) in [4.78, 5) is 20.7. The summed E-state index contributed by atoms with van der Waals surface area (Å²) in [5, 5.41) is 3.41. The molecule has 0 saturated carbocycles. The van der Waals surface area contributed by atoms with E-state index in [1.54, 1.807) is 12.1 Å². The summed E-state index contributed by atoms with van der Waals surface area (Å²) < 4.78 is 32.1. The van der Waals surface area contributed by atoms with Crippen molar-refractivity contribution in [2.45, 2.75) is 17.7 Å². The zero-order chi connectivity index (χ0) is 20.3. The smallest absolute Gasteiger partial charge is 0.262 e. The Kier molecular flexibility index (Phi) is 5.41. The molecular formula is C20H20N4O4S. The first-order valence-corrected chi connectivity index (χ1v) is 10.7. The SMILES string of the molecule is O=C(COc1ncnc2ccccc12)Nc1ccc(S(=O)(=O)N2CCCC2)cc1. The minimum Gasteiger partial charge on any atom is -0.467 e. The van der Waals surface area contributed by atoms with Gasteiger partial charge in [0, 0.05) is 18.8 Å². The lowest BCUT2D eigenvalue weighted by Crippen LogP contribution is -2.27. The van der Waals surface area contributed by atoms with E-state index in [-0.39, 0.29) is 17.4 Å². The summed E-state index contributed by atoms with van der Waals surface area (Å²) in [7, 11) is -3.47. The van der Waals surface area contributed by atoms with Gasteiger partial charge in [-0.15, -0.1) is 0 Å². The number of nitrogens with one attached hydrogen (secondary N) is 1. The molecule has 9 heteroatoms. The fourth-order valence-corrected chi connectivity index (χ4v) is 4.73. The van der Waals surface area contributed by atoms with Crippen LogP contribution in [0.1, 0.15) is 12.8 Å². The molecule has 1 saturated heterocycles. The van der Waals surface area contributed by atoms with Gasteiger partial charge >= 0.3 is 0 Å². The molecule has 1 amide bonds. The van der Waals surface area contributed by atoms with E-state index in [4.69, 9.17) is 4.74 Å². The van der Waals surface area contributed by atoms with E-state index in [1.807, 2.05) is 24.3 Å². The lowest BCUT2D eigenvalue weighted by atomic mass is 10.2. The fourth-order valence-electron chi connectivity index (χ4n) is 3.21. The summed E-state index contributed by atoms with van der Waals surface area (Å²) in [5.41, 5.74) is 1.22. The number of benzene rings is 2. The molecule has 0 atom stereocenters. The van der Waals surface area contributed by atoms with Crippen molar-refractivity contribution >= 4 is 32.5 Å². The van der Waals surface area contributed by atoms with E-state index in [1.165, 1.54) is 22.8 Å². The van der Waals surface area contributed by atoms with Gasteiger partial charge in [0.25, 0.3) is 5.91 Å². The topological polar surface area (TPSA) is 101 Å². The van der Waals surface area contributed by atoms with Crippen LogP contribution in [0.15, 0.2) is 59.8 Å². The molecule has 1 fully saturated rings. The number of rotatable bonds is 6. The van der Waals surface area contributed by atoms with E-state index in [0.717, 1.165) is 23.7 Å². The van der Waals surface area contributed by atoms with Crippen LogP contribution in [0.25, 0.3) is 10.9 Å². The van der Waals surface area contributed by atoms with Crippen molar-refractivity contribution < 1.29 is 17.9 Å². The van der Waals surface area contributed by atoms with Crippen molar-refractivity contribution in [1.82, 2.24) is 14.3 Å². The highest BCUT2D eigenvalue weighted by molar-refractivity contribution is 7.89. The van der Waals surface area contributed by atoms with Crippen LogP contribution in [0.2, 0.25) is 0 Å². The molecule has 2 heterocycles. The van der Waals surface area contributed by atoms with Crippen molar-refractivity contribution in [3.63, 3.8) is 0 Å². The van der Waals surface area contributed by atoms with Gasteiger partial charge in [-0.2, -0.15) is 4.31 Å². The fraction of sp³-hybridized carbons (Fsp3) is 0.250. The molecule has 4 rings (SSSR count). The van der Waals surface area contributed by atoms with E-state index in [9.17, 15) is 13.2 Å². The van der Waals surface area contributed by atoms with E-state index in [2.05, 4.69) is 15.3 Å². The van der Waals surface area contributed by atoms with Crippen LogP contribution in [0.3, 0.4) is 0 Å². The maximum atomic E-state index is 12.5. The zero-order valence-electron chi connectivity index (χ0n) is 15.6. The normalized spacial score (nSPS) is 14.8. The number of carbonyl (C=O) groups is 1. The minimum absolute atomic E-state index is 0.223. The van der Waals surface area contributed by atoms with Crippen LogP contribution in [0.4, 0.5) is 5.69 Å². The van der Waals surface area contributed by atoms with Crippen molar-refractivity contribution in [1.29, 1.82) is 0 Å². The molecular weight excluding hydrogens is 392 g/mol. The number of amides is 1. The first kappa shape index (κ1) is 19.3. The second-order valence-electron chi connectivity index (χ2n) is 6.67. The highest BCUT2D eigenvalue weighted by atomic mass is 32.2. The lowest BCUT2D eigenvalue weighted by Gasteiger charge is -2.15. The monoisotopic (exact) mass is 412 g/mol. The molecule has 1 aliphatic heterocycles. The first-order chi connectivity index (χ1) is 14.0. The van der Waals surface area contributed by atoms with Gasteiger partial charge in [-0.05, 0) is 49.2 Å². The van der Waals surface area contributed by atoms with Gasteiger partial charge in [0.1, 0.15) is 6.33 Å². The number of hydrogen-bond acceptors (Lipinski definition) is 6. The molecule has 1 aromatic heterocycles. The number of hydrogen-bond donors (Lipinski definition) is 1. The van der Waals surface area contributed by atoms with Gasteiger partial charge in [0.05, 0.1) is 15.8 Å².